The normalized spacial score (nSPS) is 10.0. The van der Waals surface area contributed by atoms with Crippen molar-refractivity contribution in [2.24, 2.45) is 0 Å². The number of nitrogens with zero attached hydrogens (tertiary/aromatic N) is 1. The number of carbonyl (C=O) groups excluding carboxylic acids is 1. The molecule has 0 fully saturated rings. The van der Waals surface area contributed by atoms with Crippen LogP contribution in [0.5, 0.6) is 5.75 Å². The van der Waals surface area contributed by atoms with Crippen LogP contribution in [-0.4, -0.2) is 17.4 Å². The number of carbonyl (C=O) groups is 1. The Morgan fingerprint density at radius 1 is 1.23 bits per heavy atom. The molecule has 2 aromatic rings. The van der Waals surface area contributed by atoms with Crippen molar-refractivity contribution in [2.75, 3.05) is 6.61 Å². The molecule has 2 aromatic carbocycles. The summed E-state index contributed by atoms with van der Waals surface area (Å²) in [5, 5.41) is 13.5. The van der Waals surface area contributed by atoms with E-state index in [9.17, 15) is 14.9 Å². The summed E-state index contributed by atoms with van der Waals surface area (Å²) in [7, 11) is 0. The minimum absolute atomic E-state index is 0.109. The Kier molecular flexibility index (Phi) is 5.08. The van der Waals surface area contributed by atoms with Crippen molar-refractivity contribution in [3.8, 4) is 5.75 Å². The van der Waals surface area contributed by atoms with Crippen molar-refractivity contribution in [1.82, 2.24) is 5.32 Å². The van der Waals surface area contributed by atoms with E-state index in [0.717, 1.165) is 5.56 Å². The van der Waals surface area contributed by atoms with Gasteiger partial charge in [-0.25, -0.2) is 0 Å². The molecule has 0 aliphatic carbocycles. The number of rotatable bonds is 6. The van der Waals surface area contributed by atoms with Crippen LogP contribution in [0.25, 0.3) is 0 Å². The lowest BCUT2D eigenvalue weighted by Crippen LogP contribution is -2.23. The average molecular weight is 300 g/mol. The molecule has 0 spiro atoms. The van der Waals surface area contributed by atoms with Crippen LogP contribution in [0, 0.1) is 10.1 Å². The highest BCUT2D eigenvalue weighted by molar-refractivity contribution is 5.94. The van der Waals surface area contributed by atoms with E-state index in [2.05, 4.69) is 5.32 Å². The van der Waals surface area contributed by atoms with Gasteiger partial charge in [-0.1, -0.05) is 24.3 Å². The van der Waals surface area contributed by atoms with E-state index in [1.54, 1.807) is 0 Å². The van der Waals surface area contributed by atoms with Crippen LogP contribution >= 0.6 is 0 Å². The number of nitrogens with one attached hydrogen (secondary N) is 1. The lowest BCUT2D eigenvalue weighted by atomic mass is 10.1. The van der Waals surface area contributed by atoms with Crippen LogP contribution < -0.4 is 10.1 Å². The molecule has 1 amide bonds. The molecular weight excluding hydrogens is 284 g/mol. The fourth-order valence-electron chi connectivity index (χ4n) is 1.98. The van der Waals surface area contributed by atoms with Gasteiger partial charge in [-0.3, -0.25) is 14.9 Å². The van der Waals surface area contributed by atoms with Gasteiger partial charge in [0, 0.05) is 29.8 Å². The third kappa shape index (κ3) is 3.82. The minimum Gasteiger partial charge on any atom is -0.494 e. The maximum absolute atomic E-state index is 12.1. The van der Waals surface area contributed by atoms with Gasteiger partial charge in [0.25, 0.3) is 11.6 Å². The van der Waals surface area contributed by atoms with Gasteiger partial charge in [-0.05, 0) is 19.1 Å². The zero-order valence-corrected chi connectivity index (χ0v) is 12.1. The highest BCUT2D eigenvalue weighted by atomic mass is 16.6. The fraction of sp³-hybridized carbons (Fsp3) is 0.188. The molecule has 0 unspecified atom stereocenters. The molecule has 0 saturated carbocycles. The molecule has 2 rings (SSSR count). The fourth-order valence-corrected chi connectivity index (χ4v) is 1.98. The average Bonchev–Trinajstić information content (AvgIpc) is 2.54. The first-order valence-corrected chi connectivity index (χ1v) is 6.85. The van der Waals surface area contributed by atoms with E-state index in [1.165, 1.54) is 24.3 Å². The molecule has 1 N–H and O–H groups in total. The van der Waals surface area contributed by atoms with E-state index >= 15 is 0 Å². The van der Waals surface area contributed by atoms with Gasteiger partial charge < -0.3 is 10.1 Å². The summed E-state index contributed by atoms with van der Waals surface area (Å²) in [4.78, 5) is 22.3. The monoisotopic (exact) mass is 300 g/mol. The number of hydrogen-bond acceptors (Lipinski definition) is 4. The number of benzene rings is 2. The van der Waals surface area contributed by atoms with E-state index in [4.69, 9.17) is 4.74 Å². The molecule has 114 valence electrons. The summed E-state index contributed by atoms with van der Waals surface area (Å²) < 4.78 is 5.48. The van der Waals surface area contributed by atoms with E-state index < -0.39 is 4.92 Å². The predicted octanol–water partition coefficient (Wildman–Crippen LogP) is 2.92. The molecule has 0 aromatic heterocycles. The second kappa shape index (κ2) is 7.21. The van der Waals surface area contributed by atoms with Gasteiger partial charge >= 0.3 is 0 Å². The SMILES string of the molecule is CCOc1ccccc1CNC(=O)c1cccc([N+](=O)[O-])c1. The van der Waals surface area contributed by atoms with Crippen LogP contribution in [0.15, 0.2) is 48.5 Å². The van der Waals surface area contributed by atoms with E-state index in [1.807, 2.05) is 31.2 Å². The van der Waals surface area contributed by atoms with Crippen molar-refractivity contribution >= 4 is 11.6 Å². The molecule has 0 aliphatic heterocycles. The summed E-state index contributed by atoms with van der Waals surface area (Å²) in [6.07, 6.45) is 0. The predicted molar refractivity (Wildman–Crippen MR) is 81.9 cm³/mol. The molecule has 6 heteroatoms. The maximum Gasteiger partial charge on any atom is 0.270 e. The summed E-state index contributed by atoms with van der Waals surface area (Å²) >= 11 is 0. The Morgan fingerprint density at radius 3 is 2.73 bits per heavy atom. The van der Waals surface area contributed by atoms with Crippen molar-refractivity contribution in [2.45, 2.75) is 13.5 Å². The molecule has 6 nitrogen and oxygen atoms in total. The Balaban J connectivity index is 2.07. The molecule has 0 aliphatic rings. The van der Waals surface area contributed by atoms with Crippen LogP contribution in [0.4, 0.5) is 5.69 Å². The van der Waals surface area contributed by atoms with Gasteiger partial charge in [0.2, 0.25) is 0 Å². The lowest BCUT2D eigenvalue weighted by Gasteiger charge is -2.11. The molecule has 0 bridgehead atoms. The second-order valence-electron chi connectivity index (χ2n) is 4.53. The van der Waals surface area contributed by atoms with Gasteiger partial charge in [-0.2, -0.15) is 0 Å². The smallest absolute Gasteiger partial charge is 0.270 e. The number of amides is 1. The zero-order chi connectivity index (χ0) is 15.9. The second-order valence-corrected chi connectivity index (χ2v) is 4.53. The van der Waals surface area contributed by atoms with Crippen molar-refractivity contribution in [3.05, 3.63) is 69.8 Å². The molecule has 0 radical (unpaired) electrons. The topological polar surface area (TPSA) is 81.5 Å². The first kappa shape index (κ1) is 15.5. The number of ether oxygens (including phenoxy) is 1. The first-order chi connectivity index (χ1) is 10.6. The maximum atomic E-state index is 12.1. The third-order valence-corrected chi connectivity index (χ3v) is 3.03. The number of non-ortho nitro benzene ring substituents is 1. The number of nitro benzene ring substituents is 1. The standard InChI is InChI=1S/C16H16N2O4/c1-2-22-15-9-4-3-6-13(15)11-17-16(19)12-7-5-8-14(10-12)18(20)21/h3-10H,2,11H2,1H3,(H,17,19). The lowest BCUT2D eigenvalue weighted by molar-refractivity contribution is -0.384. The van der Waals surface area contributed by atoms with Gasteiger partial charge in [0.15, 0.2) is 0 Å². The number of nitro groups is 1. The van der Waals surface area contributed by atoms with Gasteiger partial charge in [-0.15, -0.1) is 0 Å². The molecule has 0 atom stereocenters. The van der Waals surface area contributed by atoms with Crippen LogP contribution in [0.2, 0.25) is 0 Å². The minimum atomic E-state index is -0.527. The molecule has 0 heterocycles. The Labute approximate surface area is 127 Å². The summed E-state index contributed by atoms with van der Waals surface area (Å²) in [6.45, 7) is 2.71. The summed E-state index contributed by atoms with van der Waals surface area (Å²) in [5.74, 6) is 0.347. The largest absolute Gasteiger partial charge is 0.494 e. The Hall–Kier alpha value is -2.89. The van der Waals surface area contributed by atoms with Crippen molar-refractivity contribution in [1.29, 1.82) is 0 Å². The van der Waals surface area contributed by atoms with Crippen molar-refractivity contribution < 1.29 is 14.5 Å². The van der Waals surface area contributed by atoms with Crippen LogP contribution in [0.3, 0.4) is 0 Å². The van der Waals surface area contributed by atoms with Gasteiger partial charge in [0.05, 0.1) is 11.5 Å². The van der Waals surface area contributed by atoms with E-state index in [0.29, 0.717) is 12.4 Å². The number of hydrogen-bond donors (Lipinski definition) is 1. The quantitative estimate of drug-likeness (QED) is 0.657. The summed E-state index contributed by atoms with van der Waals surface area (Å²) in [6, 6.07) is 13.0. The third-order valence-electron chi connectivity index (χ3n) is 3.03. The Bertz CT molecular complexity index is 685. The van der Waals surface area contributed by atoms with E-state index in [-0.39, 0.29) is 23.7 Å². The van der Waals surface area contributed by atoms with Crippen LogP contribution in [-0.2, 0) is 6.54 Å². The van der Waals surface area contributed by atoms with Crippen LogP contribution in [0.1, 0.15) is 22.8 Å². The highest BCUT2D eigenvalue weighted by Gasteiger charge is 2.12. The first-order valence-electron chi connectivity index (χ1n) is 6.85. The zero-order valence-electron chi connectivity index (χ0n) is 12.1. The molecular formula is C16H16N2O4. The molecule has 22 heavy (non-hydrogen) atoms. The molecule has 0 saturated heterocycles. The number of para-hydroxylation sites is 1. The summed E-state index contributed by atoms with van der Waals surface area (Å²) in [5.41, 5.74) is 0.994. The highest BCUT2D eigenvalue weighted by Crippen LogP contribution is 2.18. The van der Waals surface area contributed by atoms with Crippen molar-refractivity contribution in [3.63, 3.8) is 0 Å². The van der Waals surface area contributed by atoms with Gasteiger partial charge in [0.1, 0.15) is 5.75 Å². The Morgan fingerprint density at radius 2 is 2.00 bits per heavy atom.